The van der Waals surface area contributed by atoms with Gasteiger partial charge in [-0.05, 0) is 68.5 Å². The highest BCUT2D eigenvalue weighted by atomic mass is 19.4. The summed E-state index contributed by atoms with van der Waals surface area (Å²) in [7, 11) is 3.12. The maximum atomic E-state index is 13.9. The number of nitrogens with one attached hydrogen (secondary N) is 1. The van der Waals surface area contributed by atoms with Crippen LogP contribution in [0, 0.1) is 0 Å². The number of aliphatic imine (C=N–C) groups is 1. The van der Waals surface area contributed by atoms with E-state index in [1.807, 2.05) is 24.3 Å². The summed E-state index contributed by atoms with van der Waals surface area (Å²) < 4.78 is 52.2. The van der Waals surface area contributed by atoms with Crippen molar-refractivity contribution in [2.75, 3.05) is 20.8 Å². The van der Waals surface area contributed by atoms with Gasteiger partial charge in [-0.3, -0.25) is 0 Å². The summed E-state index contributed by atoms with van der Waals surface area (Å²) in [5.74, 6) is 1.21. The van der Waals surface area contributed by atoms with Gasteiger partial charge in [-0.2, -0.15) is 13.2 Å². The number of ether oxygens (including phenoxy) is 2. The maximum absolute atomic E-state index is 13.9. The number of allylic oxidation sites excluding steroid dienone is 1. The van der Waals surface area contributed by atoms with Crippen LogP contribution in [-0.2, 0) is 23.8 Å². The van der Waals surface area contributed by atoms with Crippen molar-refractivity contribution in [1.82, 2.24) is 5.32 Å². The van der Waals surface area contributed by atoms with Crippen LogP contribution in [0.5, 0.6) is 5.75 Å². The minimum absolute atomic E-state index is 0.0131. The lowest BCUT2D eigenvalue weighted by molar-refractivity contribution is -0.138. The average Bonchev–Trinajstić information content (AvgIpc) is 3.33. The Hall–Kier alpha value is -2.80. The molecule has 1 saturated heterocycles. The van der Waals surface area contributed by atoms with Crippen molar-refractivity contribution in [3.8, 4) is 5.75 Å². The predicted octanol–water partition coefficient (Wildman–Crippen LogP) is 5.66. The Balaban J connectivity index is 1.86. The molecule has 0 aromatic heterocycles. The van der Waals surface area contributed by atoms with Gasteiger partial charge in [0.15, 0.2) is 0 Å². The van der Waals surface area contributed by atoms with Crippen molar-refractivity contribution in [2.24, 2.45) is 4.99 Å². The van der Waals surface area contributed by atoms with Crippen LogP contribution in [-0.4, -0.2) is 32.7 Å². The normalized spacial score (nSPS) is 17.5. The van der Waals surface area contributed by atoms with Crippen molar-refractivity contribution in [3.05, 3.63) is 70.8 Å². The SMILES string of the molecule is C/C=C(\N=C(/OC)C1CCCN1)c1ccc(CCc2ccc(OC)cc2)c(C(F)(F)F)c1. The third-order valence-electron chi connectivity index (χ3n) is 5.62. The number of hydrogen-bond donors (Lipinski definition) is 1. The second-order valence-electron chi connectivity index (χ2n) is 7.69. The lowest BCUT2D eigenvalue weighted by Crippen LogP contribution is -2.32. The molecule has 3 rings (SSSR count). The summed E-state index contributed by atoms with van der Waals surface area (Å²) in [5.41, 5.74) is 1.47. The van der Waals surface area contributed by atoms with Crippen LogP contribution in [0.3, 0.4) is 0 Å². The van der Waals surface area contributed by atoms with Crippen molar-refractivity contribution in [1.29, 1.82) is 0 Å². The summed E-state index contributed by atoms with van der Waals surface area (Å²) in [6, 6.07) is 11.8. The molecule has 0 bridgehead atoms. The highest BCUT2D eigenvalue weighted by Gasteiger charge is 2.33. The Labute approximate surface area is 187 Å². The van der Waals surface area contributed by atoms with Gasteiger partial charge < -0.3 is 14.8 Å². The van der Waals surface area contributed by atoms with Crippen molar-refractivity contribution in [2.45, 2.75) is 44.8 Å². The van der Waals surface area contributed by atoms with Crippen molar-refractivity contribution >= 4 is 11.6 Å². The Morgan fingerprint density at radius 1 is 1.12 bits per heavy atom. The molecule has 0 radical (unpaired) electrons. The molecule has 0 amide bonds. The van der Waals surface area contributed by atoms with Gasteiger partial charge in [0.2, 0.25) is 5.90 Å². The third kappa shape index (κ3) is 5.91. The number of rotatable bonds is 7. The molecule has 1 N–H and O–H groups in total. The predicted molar refractivity (Wildman–Crippen MR) is 121 cm³/mol. The molecule has 1 fully saturated rings. The molecule has 172 valence electrons. The Kier molecular flexibility index (Phi) is 7.96. The molecular weight excluding hydrogens is 417 g/mol. The first kappa shape index (κ1) is 23.9. The van der Waals surface area contributed by atoms with Crippen LogP contribution in [0.2, 0.25) is 0 Å². The van der Waals surface area contributed by atoms with Crippen LogP contribution in [0.25, 0.3) is 5.70 Å². The van der Waals surface area contributed by atoms with E-state index in [9.17, 15) is 13.2 Å². The molecule has 32 heavy (non-hydrogen) atoms. The Bertz CT molecular complexity index is 960. The fourth-order valence-corrected chi connectivity index (χ4v) is 3.86. The zero-order chi connectivity index (χ0) is 23.1. The van der Waals surface area contributed by atoms with E-state index in [4.69, 9.17) is 9.47 Å². The second kappa shape index (κ2) is 10.7. The van der Waals surface area contributed by atoms with E-state index in [0.717, 1.165) is 30.7 Å². The van der Waals surface area contributed by atoms with Crippen molar-refractivity contribution in [3.63, 3.8) is 0 Å². The summed E-state index contributed by atoms with van der Waals surface area (Å²) in [4.78, 5) is 4.54. The zero-order valence-electron chi connectivity index (χ0n) is 18.6. The molecule has 1 heterocycles. The highest BCUT2D eigenvalue weighted by molar-refractivity contribution is 5.88. The molecule has 4 nitrogen and oxygen atoms in total. The minimum Gasteiger partial charge on any atom is -0.497 e. The number of benzene rings is 2. The van der Waals surface area contributed by atoms with Gasteiger partial charge in [0.25, 0.3) is 0 Å². The molecule has 2 aromatic carbocycles. The van der Waals surface area contributed by atoms with Crippen LogP contribution < -0.4 is 10.1 Å². The average molecular weight is 447 g/mol. The van der Waals surface area contributed by atoms with Crippen LogP contribution in [0.1, 0.15) is 42.0 Å². The Morgan fingerprint density at radius 3 is 2.44 bits per heavy atom. The van der Waals surface area contributed by atoms with Crippen LogP contribution in [0.15, 0.2) is 53.5 Å². The molecule has 0 spiro atoms. The van der Waals surface area contributed by atoms with Gasteiger partial charge in [0.1, 0.15) is 5.75 Å². The van der Waals surface area contributed by atoms with Gasteiger partial charge in [0.05, 0.1) is 31.5 Å². The Morgan fingerprint density at radius 2 is 1.88 bits per heavy atom. The molecule has 2 aromatic rings. The van der Waals surface area contributed by atoms with Gasteiger partial charge >= 0.3 is 6.18 Å². The molecule has 0 saturated carbocycles. The first-order chi connectivity index (χ1) is 15.4. The molecule has 1 aliphatic heterocycles. The van der Waals surface area contributed by atoms with E-state index in [2.05, 4.69) is 10.3 Å². The summed E-state index contributed by atoms with van der Waals surface area (Å²) >= 11 is 0. The minimum atomic E-state index is -4.45. The highest BCUT2D eigenvalue weighted by Crippen LogP contribution is 2.35. The maximum Gasteiger partial charge on any atom is 0.416 e. The fourth-order valence-electron chi connectivity index (χ4n) is 3.86. The molecule has 1 unspecified atom stereocenters. The summed E-state index contributed by atoms with van der Waals surface area (Å²) in [6.07, 6.45) is -0.0556. The van der Waals surface area contributed by atoms with E-state index in [1.54, 1.807) is 32.2 Å². The van der Waals surface area contributed by atoms with Gasteiger partial charge in [-0.25, -0.2) is 4.99 Å². The quantitative estimate of drug-likeness (QED) is 0.441. The van der Waals surface area contributed by atoms with E-state index in [0.29, 0.717) is 23.6 Å². The molecular formula is C25H29F3N2O2. The standard InChI is InChI=1S/C25H29F3N2O2/c1-4-22(30-24(32-3)23-6-5-15-29-23)19-12-11-18(21(16-19)25(26,27)28)10-7-17-8-13-20(31-2)14-9-17/h4,8-9,11-14,16,23,29H,5-7,10,15H2,1-3H3/b22-4-,30-24-. The number of aryl methyl sites for hydroxylation is 2. The number of alkyl halides is 3. The lowest BCUT2D eigenvalue weighted by atomic mass is 9.96. The fraction of sp³-hybridized carbons (Fsp3) is 0.400. The molecule has 0 aliphatic carbocycles. The van der Waals surface area contributed by atoms with Crippen LogP contribution in [0.4, 0.5) is 13.2 Å². The van der Waals surface area contributed by atoms with Gasteiger partial charge in [-0.1, -0.05) is 30.3 Å². The van der Waals surface area contributed by atoms with Gasteiger partial charge in [-0.15, -0.1) is 0 Å². The zero-order valence-corrected chi connectivity index (χ0v) is 18.6. The molecule has 1 aliphatic rings. The van der Waals surface area contributed by atoms with E-state index in [-0.39, 0.29) is 18.0 Å². The summed E-state index contributed by atoms with van der Waals surface area (Å²) in [5, 5.41) is 3.30. The largest absolute Gasteiger partial charge is 0.497 e. The monoisotopic (exact) mass is 446 g/mol. The van der Waals surface area contributed by atoms with E-state index >= 15 is 0 Å². The first-order valence-electron chi connectivity index (χ1n) is 10.7. The van der Waals surface area contributed by atoms with Crippen molar-refractivity contribution < 1.29 is 22.6 Å². The van der Waals surface area contributed by atoms with Gasteiger partial charge in [0, 0.05) is 5.56 Å². The number of methoxy groups -OCH3 is 2. The third-order valence-corrected chi connectivity index (χ3v) is 5.62. The second-order valence-corrected chi connectivity index (χ2v) is 7.69. The van der Waals surface area contributed by atoms with Crippen LogP contribution >= 0.6 is 0 Å². The topological polar surface area (TPSA) is 42.8 Å². The molecule has 7 heteroatoms. The van der Waals surface area contributed by atoms with E-state index in [1.165, 1.54) is 13.2 Å². The smallest absolute Gasteiger partial charge is 0.416 e. The first-order valence-corrected chi connectivity index (χ1v) is 10.7. The molecule has 1 atom stereocenters. The number of halogens is 3. The number of hydrogen-bond acceptors (Lipinski definition) is 4. The summed E-state index contributed by atoms with van der Waals surface area (Å²) in [6.45, 7) is 2.64. The lowest BCUT2D eigenvalue weighted by Gasteiger charge is -2.17. The number of nitrogens with zero attached hydrogens (tertiary/aromatic N) is 1. The van der Waals surface area contributed by atoms with E-state index < -0.39 is 11.7 Å².